The number of halogens is 1. The predicted molar refractivity (Wildman–Crippen MR) is 101 cm³/mol. The largest absolute Gasteiger partial charge is 0.381 e. The van der Waals surface area contributed by atoms with Crippen LogP contribution in [0.3, 0.4) is 0 Å². The maximum atomic E-state index is 13.6. The molecule has 1 atom stereocenters. The van der Waals surface area contributed by atoms with Gasteiger partial charge in [0.1, 0.15) is 5.82 Å². The van der Waals surface area contributed by atoms with E-state index in [4.69, 9.17) is 0 Å². The van der Waals surface area contributed by atoms with Crippen molar-refractivity contribution >= 4 is 15.7 Å². The molecule has 0 aliphatic heterocycles. The van der Waals surface area contributed by atoms with E-state index in [0.717, 1.165) is 11.3 Å². The van der Waals surface area contributed by atoms with Gasteiger partial charge in [-0.2, -0.15) is 0 Å². The van der Waals surface area contributed by atoms with Crippen molar-refractivity contribution in [3.8, 4) is 0 Å². The highest BCUT2D eigenvalue weighted by Gasteiger charge is 2.16. The molecule has 0 radical (unpaired) electrons. The van der Waals surface area contributed by atoms with Crippen molar-refractivity contribution in [1.29, 1.82) is 0 Å². The Morgan fingerprint density at radius 1 is 1.00 bits per heavy atom. The van der Waals surface area contributed by atoms with Gasteiger partial charge in [-0.3, -0.25) is 0 Å². The summed E-state index contributed by atoms with van der Waals surface area (Å²) in [4.78, 5) is 0. The first-order chi connectivity index (χ1) is 11.8. The van der Waals surface area contributed by atoms with Crippen molar-refractivity contribution in [2.24, 2.45) is 0 Å². The first kappa shape index (κ1) is 19.4. The van der Waals surface area contributed by atoms with Crippen LogP contribution >= 0.6 is 0 Å². The van der Waals surface area contributed by atoms with E-state index in [2.05, 4.69) is 10.0 Å². The van der Waals surface area contributed by atoms with Crippen LogP contribution in [0.1, 0.15) is 37.8 Å². The summed E-state index contributed by atoms with van der Waals surface area (Å²) in [7, 11) is -3.25. The van der Waals surface area contributed by atoms with Crippen LogP contribution in [-0.2, 0) is 16.6 Å². The average Bonchev–Trinajstić information content (AvgIpc) is 2.59. The third-order valence-electron chi connectivity index (χ3n) is 4.13. The van der Waals surface area contributed by atoms with Crippen LogP contribution in [0.5, 0.6) is 0 Å². The molecule has 0 aliphatic rings. The Morgan fingerprint density at radius 3 is 2.24 bits per heavy atom. The quantitative estimate of drug-likeness (QED) is 0.748. The summed E-state index contributed by atoms with van der Waals surface area (Å²) in [6, 6.07) is 14.4. The maximum absolute atomic E-state index is 13.6. The minimum Gasteiger partial charge on any atom is -0.381 e. The van der Waals surface area contributed by atoms with Crippen LogP contribution in [0.2, 0.25) is 0 Å². The van der Waals surface area contributed by atoms with Gasteiger partial charge in [0.2, 0.25) is 10.0 Å². The van der Waals surface area contributed by atoms with Crippen LogP contribution in [0.4, 0.5) is 10.1 Å². The zero-order valence-electron chi connectivity index (χ0n) is 14.8. The zero-order chi connectivity index (χ0) is 18.4. The second-order valence-corrected chi connectivity index (χ2v) is 8.73. The van der Waals surface area contributed by atoms with Gasteiger partial charge in [0.05, 0.1) is 5.25 Å². The zero-order valence-corrected chi connectivity index (χ0v) is 15.6. The van der Waals surface area contributed by atoms with Crippen LogP contribution in [-0.4, -0.2) is 20.2 Å². The number of sulfonamides is 1. The van der Waals surface area contributed by atoms with E-state index in [9.17, 15) is 12.8 Å². The number of hydrogen-bond donors (Lipinski definition) is 2. The first-order valence-corrected chi connectivity index (χ1v) is 9.90. The molecule has 0 fully saturated rings. The molecular weight excluding hydrogens is 339 g/mol. The lowest BCUT2D eigenvalue weighted by atomic mass is 10.0. The van der Waals surface area contributed by atoms with E-state index >= 15 is 0 Å². The van der Waals surface area contributed by atoms with Gasteiger partial charge in [-0.1, -0.05) is 37.3 Å². The van der Waals surface area contributed by atoms with Gasteiger partial charge in [-0.05, 0) is 43.5 Å². The van der Waals surface area contributed by atoms with Crippen molar-refractivity contribution in [2.45, 2.75) is 38.5 Å². The molecule has 2 aromatic rings. The standard InChI is InChI=1S/C19H25FN2O2S/c1-14(2)25(23,24)22-12-15(3)16-8-10-18(11-9-16)21-13-17-6-4-5-7-19(17)20/h4-11,14-15,21-22H,12-13H2,1-3H3. The molecule has 0 aromatic heterocycles. The fraction of sp³-hybridized carbons (Fsp3) is 0.368. The third-order valence-corrected chi connectivity index (χ3v) is 5.94. The van der Waals surface area contributed by atoms with Gasteiger partial charge in [0, 0.05) is 24.3 Å². The Bertz CT molecular complexity index is 789. The number of rotatable bonds is 8. The summed E-state index contributed by atoms with van der Waals surface area (Å²) in [5.74, 6) is -0.160. The van der Waals surface area contributed by atoms with Crippen LogP contribution in [0, 0.1) is 5.82 Å². The smallest absolute Gasteiger partial charge is 0.213 e. The van der Waals surface area contributed by atoms with E-state index < -0.39 is 15.3 Å². The average molecular weight is 364 g/mol. The molecule has 6 heteroatoms. The Kier molecular flexibility index (Phi) is 6.56. The summed E-state index contributed by atoms with van der Waals surface area (Å²) in [6.07, 6.45) is 0. The van der Waals surface area contributed by atoms with E-state index in [0.29, 0.717) is 18.7 Å². The highest BCUT2D eigenvalue weighted by molar-refractivity contribution is 7.90. The van der Waals surface area contributed by atoms with Gasteiger partial charge in [0.25, 0.3) is 0 Å². The summed E-state index contributed by atoms with van der Waals surface area (Å²) >= 11 is 0. The lowest BCUT2D eigenvalue weighted by molar-refractivity contribution is 0.566. The SMILES string of the molecule is CC(CNS(=O)(=O)C(C)C)c1ccc(NCc2ccccc2F)cc1. The molecule has 136 valence electrons. The van der Waals surface area contributed by atoms with Crippen molar-refractivity contribution in [1.82, 2.24) is 4.72 Å². The monoisotopic (exact) mass is 364 g/mol. The molecule has 0 saturated carbocycles. The Morgan fingerprint density at radius 2 is 1.64 bits per heavy atom. The van der Waals surface area contributed by atoms with Crippen LogP contribution in [0.25, 0.3) is 0 Å². The second kappa shape index (κ2) is 8.45. The third kappa shape index (κ3) is 5.54. The molecule has 25 heavy (non-hydrogen) atoms. The lowest BCUT2D eigenvalue weighted by Crippen LogP contribution is -2.33. The number of anilines is 1. The topological polar surface area (TPSA) is 58.2 Å². The minimum absolute atomic E-state index is 0.0640. The molecular formula is C19H25FN2O2S. The fourth-order valence-electron chi connectivity index (χ4n) is 2.29. The summed E-state index contributed by atoms with van der Waals surface area (Å²) < 4.78 is 39.9. The molecule has 2 N–H and O–H groups in total. The van der Waals surface area contributed by atoms with Gasteiger partial charge in [-0.25, -0.2) is 17.5 Å². The van der Waals surface area contributed by atoms with Gasteiger partial charge in [0.15, 0.2) is 0 Å². The van der Waals surface area contributed by atoms with Gasteiger partial charge < -0.3 is 5.32 Å². The van der Waals surface area contributed by atoms with Crippen LogP contribution in [0.15, 0.2) is 48.5 Å². The normalized spacial score (nSPS) is 13.0. The molecule has 0 saturated heterocycles. The van der Waals surface area contributed by atoms with Crippen molar-refractivity contribution in [3.05, 3.63) is 65.5 Å². The van der Waals surface area contributed by atoms with Crippen LogP contribution < -0.4 is 10.0 Å². The van der Waals surface area contributed by atoms with E-state index in [1.807, 2.05) is 37.3 Å². The number of benzene rings is 2. The molecule has 0 amide bonds. The first-order valence-electron chi connectivity index (χ1n) is 8.35. The minimum atomic E-state index is -3.25. The number of nitrogens with one attached hydrogen (secondary N) is 2. The van der Waals surface area contributed by atoms with Crippen molar-refractivity contribution < 1.29 is 12.8 Å². The summed E-state index contributed by atoms with van der Waals surface area (Å²) in [6.45, 7) is 6.06. The maximum Gasteiger partial charge on any atom is 0.213 e. The molecule has 0 heterocycles. The molecule has 4 nitrogen and oxygen atoms in total. The lowest BCUT2D eigenvalue weighted by Gasteiger charge is -2.16. The van der Waals surface area contributed by atoms with Crippen molar-refractivity contribution in [3.63, 3.8) is 0 Å². The second-order valence-electron chi connectivity index (χ2n) is 6.41. The van der Waals surface area contributed by atoms with Gasteiger partial charge in [-0.15, -0.1) is 0 Å². The molecule has 2 rings (SSSR count). The van der Waals surface area contributed by atoms with Crippen molar-refractivity contribution in [2.75, 3.05) is 11.9 Å². The molecule has 0 bridgehead atoms. The Balaban J connectivity index is 1.92. The molecule has 0 aliphatic carbocycles. The Hall–Kier alpha value is -1.92. The Labute approximate surface area is 149 Å². The van der Waals surface area contributed by atoms with Gasteiger partial charge >= 0.3 is 0 Å². The number of hydrogen-bond acceptors (Lipinski definition) is 3. The fourth-order valence-corrected chi connectivity index (χ4v) is 3.11. The predicted octanol–water partition coefficient (Wildman–Crippen LogP) is 3.87. The molecule has 0 spiro atoms. The van der Waals surface area contributed by atoms with E-state index in [-0.39, 0.29) is 11.7 Å². The summed E-state index contributed by atoms with van der Waals surface area (Å²) in [5, 5.41) is 2.75. The van der Waals surface area contributed by atoms with E-state index in [1.165, 1.54) is 6.07 Å². The summed E-state index contributed by atoms with van der Waals surface area (Å²) in [5.41, 5.74) is 2.55. The highest BCUT2D eigenvalue weighted by Crippen LogP contribution is 2.19. The molecule has 1 unspecified atom stereocenters. The highest BCUT2D eigenvalue weighted by atomic mass is 32.2. The molecule has 2 aromatic carbocycles. The van der Waals surface area contributed by atoms with E-state index in [1.54, 1.807) is 26.0 Å².